The molecule has 0 saturated carbocycles. The zero-order chi connectivity index (χ0) is 15.5. The molecule has 8 heteroatoms. The fourth-order valence-corrected chi connectivity index (χ4v) is 1.70. The van der Waals surface area contributed by atoms with E-state index in [2.05, 4.69) is 25.9 Å². The lowest BCUT2D eigenvalue weighted by Crippen LogP contribution is -2.51. The van der Waals surface area contributed by atoms with Crippen LogP contribution in [0.1, 0.15) is 30.6 Å². The minimum Gasteiger partial charge on any atom is -0.480 e. The molecule has 21 heavy (non-hydrogen) atoms. The lowest BCUT2D eigenvalue weighted by atomic mass is 9.98. The van der Waals surface area contributed by atoms with Crippen molar-refractivity contribution in [3.8, 4) is 11.4 Å². The summed E-state index contributed by atoms with van der Waals surface area (Å²) in [6, 6.07) is 6.58. The zero-order valence-corrected chi connectivity index (χ0v) is 11.6. The molecule has 0 aliphatic rings. The molecule has 0 saturated heterocycles. The Morgan fingerprint density at radius 2 is 2.19 bits per heavy atom. The lowest BCUT2D eigenvalue weighted by Gasteiger charge is -2.24. The molecule has 2 aromatic rings. The van der Waals surface area contributed by atoms with Gasteiger partial charge in [0.05, 0.1) is 0 Å². The predicted octanol–water partition coefficient (Wildman–Crippen LogP) is 0.850. The van der Waals surface area contributed by atoms with Gasteiger partial charge in [-0.15, -0.1) is 10.2 Å². The van der Waals surface area contributed by atoms with Gasteiger partial charge in [-0.2, -0.15) is 5.21 Å². The van der Waals surface area contributed by atoms with E-state index in [-0.39, 0.29) is 6.42 Å². The Balaban J connectivity index is 2.24. The second-order valence-corrected chi connectivity index (χ2v) is 4.76. The summed E-state index contributed by atoms with van der Waals surface area (Å²) in [6.07, 6.45) is 0.276. The van der Waals surface area contributed by atoms with Crippen molar-refractivity contribution in [1.82, 2.24) is 25.9 Å². The number of aromatic amines is 1. The number of rotatable bonds is 5. The fraction of sp³-hybridized carbons (Fsp3) is 0.308. The van der Waals surface area contributed by atoms with Crippen LogP contribution in [0.25, 0.3) is 11.4 Å². The minimum absolute atomic E-state index is 0.276. The number of hydrogen-bond acceptors (Lipinski definition) is 5. The molecule has 0 radical (unpaired) electrons. The molecule has 8 nitrogen and oxygen atoms in total. The number of benzene rings is 1. The first-order valence-electron chi connectivity index (χ1n) is 6.36. The van der Waals surface area contributed by atoms with Gasteiger partial charge >= 0.3 is 5.97 Å². The molecule has 3 N–H and O–H groups in total. The van der Waals surface area contributed by atoms with Gasteiger partial charge in [-0.3, -0.25) is 4.79 Å². The largest absolute Gasteiger partial charge is 0.480 e. The van der Waals surface area contributed by atoms with Crippen molar-refractivity contribution >= 4 is 11.9 Å². The van der Waals surface area contributed by atoms with E-state index in [1.54, 1.807) is 31.2 Å². The second-order valence-electron chi connectivity index (χ2n) is 4.76. The summed E-state index contributed by atoms with van der Waals surface area (Å²) >= 11 is 0. The molecular formula is C13H15N5O3. The molecule has 0 aliphatic carbocycles. The molecule has 0 spiro atoms. The van der Waals surface area contributed by atoms with E-state index in [4.69, 9.17) is 0 Å². The average molecular weight is 289 g/mol. The predicted molar refractivity (Wildman–Crippen MR) is 73.4 cm³/mol. The summed E-state index contributed by atoms with van der Waals surface area (Å²) in [7, 11) is 0. The molecule has 0 bridgehead atoms. The first-order chi connectivity index (χ1) is 9.96. The summed E-state index contributed by atoms with van der Waals surface area (Å²) < 4.78 is 0. The van der Waals surface area contributed by atoms with E-state index in [0.717, 1.165) is 0 Å². The Morgan fingerprint density at radius 1 is 1.43 bits per heavy atom. The number of hydrogen-bond donors (Lipinski definition) is 3. The van der Waals surface area contributed by atoms with E-state index in [0.29, 0.717) is 17.0 Å². The monoisotopic (exact) mass is 289 g/mol. The van der Waals surface area contributed by atoms with Gasteiger partial charge in [0.15, 0.2) is 0 Å². The molecule has 1 aromatic carbocycles. The van der Waals surface area contributed by atoms with Gasteiger partial charge < -0.3 is 10.4 Å². The second kappa shape index (κ2) is 5.70. The Labute approximate surface area is 120 Å². The summed E-state index contributed by atoms with van der Waals surface area (Å²) in [6.45, 7) is 3.17. The zero-order valence-electron chi connectivity index (χ0n) is 11.6. The number of carboxylic acid groups (broad SMARTS) is 1. The summed E-state index contributed by atoms with van der Waals surface area (Å²) in [5.41, 5.74) is -0.359. The number of carbonyl (C=O) groups is 2. The Hall–Kier alpha value is -2.77. The van der Waals surface area contributed by atoms with Crippen LogP contribution in [0.15, 0.2) is 24.3 Å². The minimum atomic E-state index is -1.31. The maximum Gasteiger partial charge on any atom is 0.329 e. The van der Waals surface area contributed by atoms with Crippen molar-refractivity contribution < 1.29 is 14.7 Å². The summed E-state index contributed by atoms with van der Waals surface area (Å²) in [4.78, 5) is 23.4. The third-order valence-electron chi connectivity index (χ3n) is 3.30. The Morgan fingerprint density at radius 3 is 2.76 bits per heavy atom. The van der Waals surface area contributed by atoms with Crippen LogP contribution >= 0.6 is 0 Å². The SMILES string of the molecule is CCC(C)(NC(=O)c1cccc(-c2nn[nH]n2)c1)C(=O)O. The van der Waals surface area contributed by atoms with Gasteiger partial charge in [-0.25, -0.2) is 4.79 Å². The Kier molecular flexibility index (Phi) is 3.97. The molecule has 0 fully saturated rings. The standard InChI is InChI=1S/C13H15N5O3/c1-3-13(2,12(20)21)14-11(19)9-6-4-5-8(7-9)10-15-17-18-16-10/h4-7H,3H2,1-2H3,(H,14,19)(H,20,21)(H,15,16,17,18). The number of nitrogens with one attached hydrogen (secondary N) is 2. The number of tetrazole rings is 1. The van der Waals surface area contributed by atoms with E-state index < -0.39 is 17.4 Å². The highest BCUT2D eigenvalue weighted by atomic mass is 16.4. The highest BCUT2D eigenvalue weighted by Crippen LogP contribution is 2.16. The van der Waals surface area contributed by atoms with Crippen LogP contribution in [0.3, 0.4) is 0 Å². The highest BCUT2D eigenvalue weighted by Gasteiger charge is 2.33. The van der Waals surface area contributed by atoms with Gasteiger partial charge in [0.25, 0.3) is 5.91 Å². The maximum atomic E-state index is 12.2. The number of nitrogens with zero attached hydrogens (tertiary/aromatic N) is 3. The number of aliphatic carboxylic acids is 1. The number of aromatic nitrogens is 4. The lowest BCUT2D eigenvalue weighted by molar-refractivity contribution is -0.143. The van der Waals surface area contributed by atoms with Crippen molar-refractivity contribution in [2.45, 2.75) is 25.8 Å². The van der Waals surface area contributed by atoms with Crippen LogP contribution in [-0.2, 0) is 4.79 Å². The van der Waals surface area contributed by atoms with E-state index in [1.165, 1.54) is 6.92 Å². The van der Waals surface area contributed by atoms with Crippen molar-refractivity contribution in [2.75, 3.05) is 0 Å². The highest BCUT2D eigenvalue weighted by molar-refractivity contribution is 5.98. The average Bonchev–Trinajstić information content (AvgIpc) is 3.01. The van der Waals surface area contributed by atoms with Crippen LogP contribution in [0.2, 0.25) is 0 Å². The summed E-state index contributed by atoms with van der Waals surface area (Å²) in [5.74, 6) is -1.18. The molecule has 1 amide bonds. The van der Waals surface area contributed by atoms with Gasteiger partial charge in [-0.1, -0.05) is 19.1 Å². The fourth-order valence-electron chi connectivity index (χ4n) is 1.70. The number of amides is 1. The molecule has 2 rings (SSSR count). The van der Waals surface area contributed by atoms with Crippen LogP contribution < -0.4 is 5.32 Å². The van der Waals surface area contributed by atoms with Crippen LogP contribution in [-0.4, -0.2) is 43.1 Å². The van der Waals surface area contributed by atoms with Crippen LogP contribution in [0.5, 0.6) is 0 Å². The molecule has 1 aromatic heterocycles. The third-order valence-corrected chi connectivity index (χ3v) is 3.30. The quantitative estimate of drug-likeness (QED) is 0.750. The normalized spacial score (nSPS) is 13.4. The molecular weight excluding hydrogens is 274 g/mol. The molecule has 110 valence electrons. The van der Waals surface area contributed by atoms with Crippen LogP contribution in [0.4, 0.5) is 0 Å². The van der Waals surface area contributed by atoms with Crippen molar-refractivity contribution in [3.63, 3.8) is 0 Å². The number of carbonyl (C=O) groups excluding carboxylic acids is 1. The first kappa shape index (κ1) is 14.6. The summed E-state index contributed by atoms with van der Waals surface area (Å²) in [5, 5.41) is 25.2. The smallest absolute Gasteiger partial charge is 0.329 e. The number of H-pyrrole nitrogens is 1. The van der Waals surface area contributed by atoms with Gasteiger partial charge in [0.1, 0.15) is 5.54 Å². The number of carboxylic acids is 1. The van der Waals surface area contributed by atoms with Crippen LogP contribution in [0, 0.1) is 0 Å². The van der Waals surface area contributed by atoms with Gasteiger partial charge in [0.2, 0.25) is 5.82 Å². The molecule has 0 aliphatic heterocycles. The Bertz CT molecular complexity index is 656. The molecule has 1 heterocycles. The van der Waals surface area contributed by atoms with E-state index in [9.17, 15) is 14.7 Å². The van der Waals surface area contributed by atoms with Crippen molar-refractivity contribution in [3.05, 3.63) is 29.8 Å². The molecule has 1 atom stereocenters. The topological polar surface area (TPSA) is 121 Å². The van der Waals surface area contributed by atoms with Gasteiger partial charge in [-0.05, 0) is 30.7 Å². The van der Waals surface area contributed by atoms with Crippen molar-refractivity contribution in [2.24, 2.45) is 0 Å². The first-order valence-corrected chi connectivity index (χ1v) is 6.36. The van der Waals surface area contributed by atoms with Gasteiger partial charge in [0, 0.05) is 11.1 Å². The maximum absolute atomic E-state index is 12.2. The molecule has 1 unspecified atom stereocenters. The van der Waals surface area contributed by atoms with E-state index in [1.807, 2.05) is 0 Å². The van der Waals surface area contributed by atoms with E-state index >= 15 is 0 Å². The third kappa shape index (κ3) is 3.04. The van der Waals surface area contributed by atoms with Crippen molar-refractivity contribution in [1.29, 1.82) is 0 Å².